The van der Waals surface area contributed by atoms with Crippen molar-refractivity contribution in [2.24, 2.45) is 5.92 Å². The molecule has 5 nitrogen and oxygen atoms in total. The first-order valence-corrected chi connectivity index (χ1v) is 9.33. The summed E-state index contributed by atoms with van der Waals surface area (Å²) in [6.07, 6.45) is 4.28. The van der Waals surface area contributed by atoms with Gasteiger partial charge >= 0.3 is 0 Å². The summed E-state index contributed by atoms with van der Waals surface area (Å²) in [5, 5.41) is 0. The minimum Gasteiger partial charge on any atom is -0.458 e. The molecule has 3 aliphatic rings. The first-order valence-electron chi connectivity index (χ1n) is 9.33. The van der Waals surface area contributed by atoms with Crippen LogP contribution >= 0.6 is 0 Å². The molecule has 0 aliphatic carbocycles. The Hall–Kier alpha value is -2.69. The Labute approximate surface area is 152 Å². The Balaban J connectivity index is 1.38. The number of benzene rings is 1. The molecule has 26 heavy (non-hydrogen) atoms. The summed E-state index contributed by atoms with van der Waals surface area (Å²) in [6, 6.07) is 14.0. The van der Waals surface area contributed by atoms with Crippen molar-refractivity contribution in [3.8, 4) is 0 Å². The summed E-state index contributed by atoms with van der Waals surface area (Å²) in [5.41, 5.74) is 1.76. The van der Waals surface area contributed by atoms with Gasteiger partial charge in [0.15, 0.2) is 5.76 Å². The molecule has 0 radical (unpaired) electrons. The van der Waals surface area contributed by atoms with Crippen LogP contribution in [0.1, 0.15) is 24.0 Å². The van der Waals surface area contributed by atoms with Crippen molar-refractivity contribution in [2.75, 3.05) is 18.0 Å². The molecule has 1 aromatic heterocycles. The summed E-state index contributed by atoms with van der Waals surface area (Å²) in [5.74, 6) is 2.15. The third kappa shape index (κ3) is 2.68. The van der Waals surface area contributed by atoms with Gasteiger partial charge in [0, 0.05) is 26.1 Å². The lowest BCUT2D eigenvalue weighted by Crippen LogP contribution is -2.46. The van der Waals surface area contributed by atoms with Gasteiger partial charge in [0.05, 0.1) is 5.56 Å². The minimum absolute atomic E-state index is 0.0225. The van der Waals surface area contributed by atoms with Gasteiger partial charge in [-0.3, -0.25) is 9.36 Å². The number of piperidine rings is 1. The molecular weight excluding hydrogens is 328 g/mol. The lowest BCUT2D eigenvalue weighted by atomic mass is 9.95. The van der Waals surface area contributed by atoms with Gasteiger partial charge in [0.2, 0.25) is 6.29 Å². The zero-order chi connectivity index (χ0) is 17.5. The van der Waals surface area contributed by atoms with E-state index in [1.54, 1.807) is 6.26 Å². The third-order valence-electron chi connectivity index (χ3n) is 5.53. The summed E-state index contributed by atoms with van der Waals surface area (Å²) >= 11 is 0. The van der Waals surface area contributed by atoms with Crippen molar-refractivity contribution in [1.82, 2.24) is 4.57 Å². The van der Waals surface area contributed by atoms with Crippen LogP contribution in [-0.4, -0.2) is 23.9 Å². The van der Waals surface area contributed by atoms with E-state index in [4.69, 9.17) is 9.47 Å². The molecule has 0 saturated carbocycles. The smallest absolute Gasteiger partial charge is 0.263 e. The molecule has 1 aromatic carbocycles. The average molecular weight is 350 g/mol. The number of nitrogens with zero attached hydrogens (tertiary/aromatic N) is 2. The molecule has 3 aliphatic heterocycles. The zero-order valence-electron chi connectivity index (χ0n) is 14.6. The lowest BCUT2D eigenvalue weighted by Gasteiger charge is -2.40. The van der Waals surface area contributed by atoms with E-state index < -0.39 is 0 Å². The second-order valence-corrected chi connectivity index (χ2v) is 7.33. The van der Waals surface area contributed by atoms with Crippen LogP contribution in [0.2, 0.25) is 0 Å². The van der Waals surface area contributed by atoms with E-state index >= 15 is 0 Å². The summed E-state index contributed by atoms with van der Waals surface area (Å²) in [4.78, 5) is 15.4. The highest BCUT2D eigenvalue weighted by Gasteiger charge is 2.30. The Morgan fingerprint density at radius 3 is 2.85 bits per heavy atom. The van der Waals surface area contributed by atoms with E-state index in [1.165, 1.54) is 12.8 Å². The van der Waals surface area contributed by atoms with E-state index in [9.17, 15) is 4.79 Å². The van der Waals surface area contributed by atoms with Crippen LogP contribution in [0, 0.1) is 5.92 Å². The highest BCUT2D eigenvalue weighted by molar-refractivity contribution is 5.61. The van der Waals surface area contributed by atoms with Gasteiger partial charge in [-0.05, 0) is 36.5 Å². The fourth-order valence-electron chi connectivity index (χ4n) is 4.25. The summed E-state index contributed by atoms with van der Waals surface area (Å²) < 4.78 is 13.5. The molecular formula is C21H22N2O3. The van der Waals surface area contributed by atoms with Crippen molar-refractivity contribution in [3.63, 3.8) is 0 Å². The highest BCUT2D eigenvalue weighted by atomic mass is 16.7. The Kier molecular flexibility index (Phi) is 3.73. The molecule has 5 heteroatoms. The normalized spacial score (nSPS) is 23.7. The SMILES string of the molecule is O=c1c(C2=COC(Cc3ccccc3)O2)ccc2n1CC1CCCN2C1. The molecule has 2 bridgehead atoms. The van der Waals surface area contributed by atoms with Gasteiger partial charge < -0.3 is 14.4 Å². The number of pyridine rings is 1. The Morgan fingerprint density at radius 2 is 1.96 bits per heavy atom. The molecule has 0 amide bonds. The number of fused-ring (bicyclic) bond motifs is 4. The van der Waals surface area contributed by atoms with Gasteiger partial charge in [-0.2, -0.15) is 0 Å². The number of aromatic nitrogens is 1. The van der Waals surface area contributed by atoms with Crippen molar-refractivity contribution in [1.29, 1.82) is 0 Å². The molecule has 2 unspecified atom stereocenters. The van der Waals surface area contributed by atoms with Crippen molar-refractivity contribution < 1.29 is 9.47 Å². The highest BCUT2D eigenvalue weighted by Crippen LogP contribution is 2.31. The molecule has 2 atom stereocenters. The molecule has 2 aromatic rings. The zero-order valence-corrected chi connectivity index (χ0v) is 14.6. The minimum atomic E-state index is -0.379. The molecule has 1 saturated heterocycles. The summed E-state index contributed by atoms with van der Waals surface area (Å²) in [7, 11) is 0. The Morgan fingerprint density at radius 1 is 1.08 bits per heavy atom. The van der Waals surface area contributed by atoms with Crippen LogP contribution in [-0.2, 0) is 22.4 Å². The lowest BCUT2D eigenvalue weighted by molar-refractivity contribution is -0.0136. The van der Waals surface area contributed by atoms with E-state index in [2.05, 4.69) is 4.90 Å². The number of hydrogen-bond acceptors (Lipinski definition) is 4. The number of hydrogen-bond donors (Lipinski definition) is 0. The third-order valence-corrected chi connectivity index (χ3v) is 5.53. The topological polar surface area (TPSA) is 43.7 Å². The maximum absolute atomic E-state index is 13.1. The second kappa shape index (κ2) is 6.24. The van der Waals surface area contributed by atoms with E-state index in [0.29, 0.717) is 23.7 Å². The molecule has 1 fully saturated rings. The quantitative estimate of drug-likeness (QED) is 0.854. The largest absolute Gasteiger partial charge is 0.458 e. The molecule has 134 valence electrons. The van der Waals surface area contributed by atoms with Crippen LogP contribution in [0.25, 0.3) is 5.76 Å². The van der Waals surface area contributed by atoms with Crippen molar-refractivity contribution >= 4 is 11.6 Å². The molecule has 4 heterocycles. The first kappa shape index (κ1) is 15.6. The van der Waals surface area contributed by atoms with Gasteiger partial charge in [0.25, 0.3) is 5.56 Å². The summed E-state index contributed by atoms with van der Waals surface area (Å²) in [6.45, 7) is 2.91. The van der Waals surface area contributed by atoms with Crippen LogP contribution in [0.3, 0.4) is 0 Å². The number of anilines is 1. The van der Waals surface area contributed by atoms with Crippen molar-refractivity contribution in [3.05, 3.63) is 70.2 Å². The van der Waals surface area contributed by atoms with Gasteiger partial charge in [-0.15, -0.1) is 0 Å². The fourth-order valence-corrected chi connectivity index (χ4v) is 4.25. The van der Waals surface area contributed by atoms with Gasteiger partial charge in [-0.25, -0.2) is 0 Å². The predicted octanol–water partition coefficient (Wildman–Crippen LogP) is 2.99. The van der Waals surface area contributed by atoms with Crippen molar-refractivity contribution in [2.45, 2.75) is 32.1 Å². The number of ether oxygens (including phenoxy) is 2. The van der Waals surface area contributed by atoms with E-state index in [0.717, 1.165) is 31.0 Å². The van der Waals surface area contributed by atoms with Crippen LogP contribution < -0.4 is 10.5 Å². The molecule has 5 rings (SSSR count). The predicted molar refractivity (Wildman–Crippen MR) is 99.7 cm³/mol. The van der Waals surface area contributed by atoms with Crippen LogP contribution in [0.15, 0.2) is 53.5 Å². The number of rotatable bonds is 3. The second-order valence-electron chi connectivity index (χ2n) is 7.33. The first-order chi connectivity index (χ1) is 12.8. The fraction of sp³-hybridized carbons (Fsp3) is 0.381. The monoisotopic (exact) mass is 350 g/mol. The maximum atomic E-state index is 13.1. The van der Waals surface area contributed by atoms with Gasteiger partial charge in [-0.1, -0.05) is 30.3 Å². The Bertz CT molecular complexity index is 903. The van der Waals surface area contributed by atoms with Gasteiger partial charge in [0.1, 0.15) is 12.1 Å². The average Bonchev–Trinajstić information content (AvgIpc) is 3.12. The van der Waals surface area contributed by atoms with E-state index in [-0.39, 0.29) is 11.8 Å². The maximum Gasteiger partial charge on any atom is 0.263 e. The van der Waals surface area contributed by atoms with E-state index in [1.807, 2.05) is 47.0 Å². The molecule has 0 spiro atoms. The standard InChI is InChI=1S/C21H22N2O3/c24-21-17(8-9-19-22-10-4-7-16(12-22)13-23(19)21)18-14-25-20(26-18)11-15-5-2-1-3-6-15/h1-3,5-6,8-9,14,16,20H,4,7,10-13H2. The molecule has 0 N–H and O–H groups in total. The van der Waals surface area contributed by atoms with Crippen LogP contribution in [0.4, 0.5) is 5.82 Å². The van der Waals surface area contributed by atoms with Crippen LogP contribution in [0.5, 0.6) is 0 Å².